The maximum absolute atomic E-state index is 13.3. The summed E-state index contributed by atoms with van der Waals surface area (Å²) in [6.07, 6.45) is 3.73. The topological polar surface area (TPSA) is 63.4 Å². The number of sulfonamides is 1. The quantitative estimate of drug-likeness (QED) is 0.849. The molecule has 106 valence electrons. The van der Waals surface area contributed by atoms with E-state index in [0.717, 1.165) is 37.8 Å². The first kappa shape index (κ1) is 14.3. The Balaban J connectivity index is 2.40. The first-order chi connectivity index (χ1) is 8.91. The SMILES string of the molecule is CC1CCCCCN1S(=O)(=O)c1cc(N)cc(F)c1. The standard InChI is InChI=1S/C13H19FN2O2S/c1-10-5-3-2-4-6-16(10)19(17,18)13-8-11(14)7-12(15)9-13/h7-10H,2-6,15H2,1H3. The Morgan fingerprint density at radius 3 is 2.68 bits per heavy atom. The van der Waals surface area contributed by atoms with Gasteiger partial charge in [0.25, 0.3) is 0 Å². The molecule has 1 aliphatic rings. The number of nitrogen functional groups attached to an aromatic ring is 1. The van der Waals surface area contributed by atoms with Crippen LogP contribution in [0.5, 0.6) is 0 Å². The van der Waals surface area contributed by atoms with E-state index < -0.39 is 15.8 Å². The monoisotopic (exact) mass is 286 g/mol. The maximum Gasteiger partial charge on any atom is 0.243 e. The zero-order chi connectivity index (χ0) is 14.0. The molecule has 0 bridgehead atoms. The third-order valence-corrected chi connectivity index (χ3v) is 5.48. The van der Waals surface area contributed by atoms with Gasteiger partial charge in [-0.2, -0.15) is 4.31 Å². The molecule has 0 radical (unpaired) electrons. The van der Waals surface area contributed by atoms with E-state index in [4.69, 9.17) is 5.73 Å². The Labute approximate surface area is 113 Å². The summed E-state index contributed by atoms with van der Waals surface area (Å²) in [6, 6.07) is 3.40. The molecule has 0 amide bonds. The molecule has 0 saturated carbocycles. The van der Waals surface area contributed by atoms with Crippen LogP contribution in [-0.4, -0.2) is 25.3 Å². The van der Waals surface area contributed by atoms with Crippen molar-refractivity contribution in [2.45, 2.75) is 43.5 Å². The van der Waals surface area contributed by atoms with E-state index in [1.165, 1.54) is 10.4 Å². The first-order valence-electron chi connectivity index (χ1n) is 6.49. The van der Waals surface area contributed by atoms with E-state index in [0.29, 0.717) is 6.54 Å². The maximum atomic E-state index is 13.3. The van der Waals surface area contributed by atoms with Crippen LogP contribution in [0.3, 0.4) is 0 Å². The average molecular weight is 286 g/mol. The molecule has 2 rings (SSSR count). The van der Waals surface area contributed by atoms with Crippen LogP contribution in [0.15, 0.2) is 23.1 Å². The third-order valence-electron chi connectivity index (χ3n) is 3.49. The summed E-state index contributed by atoms with van der Waals surface area (Å²) >= 11 is 0. The fraction of sp³-hybridized carbons (Fsp3) is 0.538. The van der Waals surface area contributed by atoms with Gasteiger partial charge in [-0.3, -0.25) is 0 Å². The van der Waals surface area contributed by atoms with Gasteiger partial charge in [0.2, 0.25) is 10.0 Å². The molecule has 2 N–H and O–H groups in total. The second-order valence-corrected chi connectivity index (χ2v) is 6.92. The van der Waals surface area contributed by atoms with Crippen LogP contribution in [0.1, 0.15) is 32.6 Å². The second-order valence-electron chi connectivity index (χ2n) is 5.03. The summed E-state index contributed by atoms with van der Waals surface area (Å²) < 4.78 is 39.9. The molecule has 0 aromatic heterocycles. The molecule has 1 saturated heterocycles. The fourth-order valence-corrected chi connectivity index (χ4v) is 4.24. The second kappa shape index (κ2) is 5.46. The molecule has 0 aliphatic carbocycles. The van der Waals surface area contributed by atoms with Gasteiger partial charge in [0.15, 0.2) is 0 Å². The Hall–Kier alpha value is -1.14. The summed E-state index contributed by atoms with van der Waals surface area (Å²) in [5, 5.41) is 0. The molecular weight excluding hydrogens is 267 g/mol. The average Bonchev–Trinajstić information content (AvgIpc) is 2.52. The molecule has 0 spiro atoms. The molecule has 1 aromatic carbocycles. The van der Waals surface area contributed by atoms with E-state index in [1.807, 2.05) is 6.92 Å². The number of anilines is 1. The molecule has 4 nitrogen and oxygen atoms in total. The van der Waals surface area contributed by atoms with E-state index >= 15 is 0 Å². The van der Waals surface area contributed by atoms with Crippen molar-refractivity contribution in [2.24, 2.45) is 0 Å². The highest BCUT2D eigenvalue weighted by Gasteiger charge is 2.30. The molecular formula is C13H19FN2O2S. The van der Waals surface area contributed by atoms with Crippen LogP contribution in [0.25, 0.3) is 0 Å². The molecule has 6 heteroatoms. The zero-order valence-electron chi connectivity index (χ0n) is 11.0. The van der Waals surface area contributed by atoms with Crippen LogP contribution in [-0.2, 0) is 10.0 Å². The summed E-state index contributed by atoms with van der Waals surface area (Å²) in [5.41, 5.74) is 5.65. The Bertz CT molecular complexity index is 540. The normalized spacial score (nSPS) is 22.1. The van der Waals surface area contributed by atoms with Gasteiger partial charge in [0, 0.05) is 18.3 Å². The van der Waals surface area contributed by atoms with Crippen molar-refractivity contribution in [1.29, 1.82) is 0 Å². The number of nitrogens with zero attached hydrogens (tertiary/aromatic N) is 1. The Morgan fingerprint density at radius 1 is 1.26 bits per heavy atom. The molecule has 1 aromatic rings. The summed E-state index contributed by atoms with van der Waals surface area (Å²) in [7, 11) is -3.67. The first-order valence-corrected chi connectivity index (χ1v) is 7.93. The van der Waals surface area contributed by atoms with Crippen molar-refractivity contribution in [3.05, 3.63) is 24.0 Å². The van der Waals surface area contributed by atoms with Crippen molar-refractivity contribution in [3.63, 3.8) is 0 Å². The van der Waals surface area contributed by atoms with Crippen molar-refractivity contribution in [3.8, 4) is 0 Å². The van der Waals surface area contributed by atoms with E-state index in [-0.39, 0.29) is 16.6 Å². The molecule has 1 atom stereocenters. The lowest BCUT2D eigenvalue weighted by Crippen LogP contribution is -2.38. The number of hydrogen-bond acceptors (Lipinski definition) is 3. The Morgan fingerprint density at radius 2 is 2.00 bits per heavy atom. The van der Waals surface area contributed by atoms with Crippen molar-refractivity contribution in [2.75, 3.05) is 12.3 Å². The lowest BCUT2D eigenvalue weighted by atomic mass is 10.1. The number of halogens is 1. The van der Waals surface area contributed by atoms with Gasteiger partial charge >= 0.3 is 0 Å². The van der Waals surface area contributed by atoms with Gasteiger partial charge < -0.3 is 5.73 Å². The van der Waals surface area contributed by atoms with Crippen LogP contribution in [0.4, 0.5) is 10.1 Å². The third kappa shape index (κ3) is 3.06. The largest absolute Gasteiger partial charge is 0.399 e. The minimum Gasteiger partial charge on any atom is -0.399 e. The smallest absolute Gasteiger partial charge is 0.243 e. The zero-order valence-corrected chi connectivity index (χ0v) is 11.8. The van der Waals surface area contributed by atoms with Crippen molar-refractivity contribution >= 4 is 15.7 Å². The Kier molecular flexibility index (Phi) is 4.10. The predicted octanol–water partition coefficient (Wildman–Crippen LogP) is 2.36. The van der Waals surface area contributed by atoms with Gasteiger partial charge in [-0.05, 0) is 38.0 Å². The van der Waals surface area contributed by atoms with Crippen LogP contribution in [0, 0.1) is 5.82 Å². The lowest BCUT2D eigenvalue weighted by molar-refractivity contribution is 0.342. The van der Waals surface area contributed by atoms with E-state index in [9.17, 15) is 12.8 Å². The minimum atomic E-state index is -3.67. The van der Waals surface area contributed by atoms with Crippen molar-refractivity contribution in [1.82, 2.24) is 4.31 Å². The van der Waals surface area contributed by atoms with Gasteiger partial charge in [0.1, 0.15) is 5.82 Å². The number of benzene rings is 1. The molecule has 1 fully saturated rings. The van der Waals surface area contributed by atoms with Gasteiger partial charge in [-0.1, -0.05) is 12.8 Å². The lowest BCUT2D eigenvalue weighted by Gasteiger charge is -2.26. The van der Waals surface area contributed by atoms with Crippen LogP contribution >= 0.6 is 0 Å². The fourth-order valence-electron chi connectivity index (χ4n) is 2.47. The van der Waals surface area contributed by atoms with Gasteiger partial charge in [-0.25, -0.2) is 12.8 Å². The van der Waals surface area contributed by atoms with E-state index in [1.54, 1.807) is 0 Å². The highest BCUT2D eigenvalue weighted by molar-refractivity contribution is 7.89. The molecule has 1 aliphatic heterocycles. The highest BCUT2D eigenvalue weighted by Crippen LogP contribution is 2.26. The van der Waals surface area contributed by atoms with Gasteiger partial charge in [0.05, 0.1) is 4.90 Å². The highest BCUT2D eigenvalue weighted by atomic mass is 32.2. The van der Waals surface area contributed by atoms with E-state index in [2.05, 4.69) is 0 Å². The molecule has 19 heavy (non-hydrogen) atoms. The molecule has 1 unspecified atom stereocenters. The summed E-state index contributed by atoms with van der Waals surface area (Å²) in [5.74, 6) is -0.624. The number of rotatable bonds is 2. The van der Waals surface area contributed by atoms with Crippen molar-refractivity contribution < 1.29 is 12.8 Å². The van der Waals surface area contributed by atoms with Gasteiger partial charge in [-0.15, -0.1) is 0 Å². The predicted molar refractivity (Wildman–Crippen MR) is 72.6 cm³/mol. The summed E-state index contributed by atoms with van der Waals surface area (Å²) in [4.78, 5) is -0.0567. The summed E-state index contributed by atoms with van der Waals surface area (Å²) in [6.45, 7) is 2.38. The number of nitrogens with two attached hydrogens (primary N) is 1. The van der Waals surface area contributed by atoms with Crippen LogP contribution in [0.2, 0.25) is 0 Å². The number of hydrogen-bond donors (Lipinski definition) is 1. The van der Waals surface area contributed by atoms with Crippen LogP contribution < -0.4 is 5.73 Å². The minimum absolute atomic E-state index is 0.0567. The molecule has 1 heterocycles.